The van der Waals surface area contributed by atoms with E-state index in [0.29, 0.717) is 11.4 Å². The molecule has 3 heteroatoms. The molecule has 0 amide bonds. The van der Waals surface area contributed by atoms with Gasteiger partial charge in [0.05, 0.1) is 5.37 Å². The minimum atomic E-state index is 0.575. The summed E-state index contributed by atoms with van der Waals surface area (Å²) in [5.41, 5.74) is 6.31. The minimum absolute atomic E-state index is 0.575. The first-order valence-electron chi connectivity index (χ1n) is 2.91. The first kappa shape index (κ1) is 6.39. The van der Waals surface area contributed by atoms with Gasteiger partial charge in [-0.2, -0.15) is 0 Å². The minimum Gasteiger partial charge on any atom is -0.253 e. The van der Waals surface area contributed by atoms with Crippen LogP contribution in [-0.2, 0) is 0 Å². The van der Waals surface area contributed by atoms with Gasteiger partial charge in [0.2, 0.25) is 0 Å². The van der Waals surface area contributed by atoms with Gasteiger partial charge in [-0.25, -0.2) is 5.43 Å². The van der Waals surface area contributed by atoms with Crippen LogP contribution in [0, 0.1) is 0 Å². The average molecular weight is 132 g/mol. The molecule has 48 valence electrons. The normalized spacial score (nSPS) is 39.8. The standard InChI is InChI=1S/C5H12N2S/c1-4-3-8-5(2)7-6-4/h4-7H,3H2,1-2H3. The van der Waals surface area contributed by atoms with E-state index < -0.39 is 0 Å². The highest BCUT2D eigenvalue weighted by Crippen LogP contribution is 2.11. The summed E-state index contributed by atoms with van der Waals surface area (Å²) in [6, 6.07) is 0.621. The molecule has 1 rings (SSSR count). The van der Waals surface area contributed by atoms with Crippen LogP contribution in [0.1, 0.15) is 13.8 Å². The first-order valence-corrected chi connectivity index (χ1v) is 3.96. The molecule has 0 spiro atoms. The maximum Gasteiger partial charge on any atom is 0.0638 e. The number of hydrogen-bond donors (Lipinski definition) is 2. The Morgan fingerprint density at radius 3 is 2.50 bits per heavy atom. The average Bonchev–Trinajstić information content (AvgIpc) is 1.77. The zero-order chi connectivity index (χ0) is 5.98. The van der Waals surface area contributed by atoms with Crippen LogP contribution >= 0.6 is 11.8 Å². The molecule has 2 atom stereocenters. The van der Waals surface area contributed by atoms with Gasteiger partial charge in [0.25, 0.3) is 0 Å². The predicted molar refractivity (Wildman–Crippen MR) is 37.7 cm³/mol. The highest BCUT2D eigenvalue weighted by molar-refractivity contribution is 7.99. The van der Waals surface area contributed by atoms with Crippen LogP contribution in [-0.4, -0.2) is 17.2 Å². The Labute approximate surface area is 54.4 Å². The van der Waals surface area contributed by atoms with Crippen molar-refractivity contribution in [2.75, 3.05) is 5.75 Å². The lowest BCUT2D eigenvalue weighted by molar-refractivity contribution is 0.457. The van der Waals surface area contributed by atoms with Gasteiger partial charge in [0, 0.05) is 11.8 Å². The number of hydrogen-bond acceptors (Lipinski definition) is 3. The highest BCUT2D eigenvalue weighted by atomic mass is 32.2. The van der Waals surface area contributed by atoms with Crippen molar-refractivity contribution in [2.45, 2.75) is 25.3 Å². The van der Waals surface area contributed by atoms with Crippen LogP contribution in [0.2, 0.25) is 0 Å². The summed E-state index contributed by atoms with van der Waals surface area (Å²) in [7, 11) is 0. The summed E-state index contributed by atoms with van der Waals surface area (Å²) in [5, 5.41) is 0.575. The van der Waals surface area contributed by atoms with E-state index in [1.165, 1.54) is 5.75 Å². The highest BCUT2D eigenvalue weighted by Gasteiger charge is 2.11. The van der Waals surface area contributed by atoms with Gasteiger partial charge in [-0.3, -0.25) is 5.43 Å². The Morgan fingerprint density at radius 2 is 2.12 bits per heavy atom. The van der Waals surface area contributed by atoms with E-state index in [2.05, 4.69) is 24.7 Å². The lowest BCUT2D eigenvalue weighted by Crippen LogP contribution is -2.48. The van der Waals surface area contributed by atoms with Crippen molar-refractivity contribution < 1.29 is 0 Å². The molecule has 0 aromatic heterocycles. The lowest BCUT2D eigenvalue weighted by atomic mass is 10.4. The first-order chi connectivity index (χ1) is 3.79. The quantitative estimate of drug-likeness (QED) is 0.503. The SMILES string of the molecule is CC1CSC(C)NN1. The number of thioether (sulfide) groups is 1. The van der Waals surface area contributed by atoms with Crippen molar-refractivity contribution in [3.05, 3.63) is 0 Å². The topological polar surface area (TPSA) is 24.1 Å². The van der Waals surface area contributed by atoms with Crippen molar-refractivity contribution in [3.63, 3.8) is 0 Å². The molecule has 0 bridgehead atoms. The van der Waals surface area contributed by atoms with E-state index in [9.17, 15) is 0 Å². The lowest BCUT2D eigenvalue weighted by Gasteiger charge is -2.25. The number of hydrazine groups is 1. The summed E-state index contributed by atoms with van der Waals surface area (Å²) in [6.45, 7) is 4.33. The second-order valence-corrected chi connectivity index (χ2v) is 3.54. The molecule has 1 saturated heterocycles. The Morgan fingerprint density at radius 1 is 1.38 bits per heavy atom. The molecule has 0 saturated carbocycles. The molecule has 1 aliphatic rings. The van der Waals surface area contributed by atoms with Gasteiger partial charge >= 0.3 is 0 Å². The molecule has 0 aliphatic carbocycles. The van der Waals surface area contributed by atoms with E-state index >= 15 is 0 Å². The second kappa shape index (κ2) is 2.71. The maximum atomic E-state index is 3.16. The van der Waals surface area contributed by atoms with E-state index in [4.69, 9.17) is 0 Å². The summed E-state index contributed by atoms with van der Waals surface area (Å²) in [4.78, 5) is 0. The maximum absolute atomic E-state index is 3.16. The van der Waals surface area contributed by atoms with Crippen molar-refractivity contribution in [1.82, 2.24) is 10.9 Å². The molecule has 2 unspecified atom stereocenters. The van der Waals surface area contributed by atoms with E-state index in [0.717, 1.165) is 0 Å². The third-order valence-corrected chi connectivity index (χ3v) is 2.44. The summed E-state index contributed by atoms with van der Waals surface area (Å²) in [5.74, 6) is 1.22. The van der Waals surface area contributed by atoms with Gasteiger partial charge in [-0.1, -0.05) is 0 Å². The van der Waals surface area contributed by atoms with Crippen LogP contribution in [0.25, 0.3) is 0 Å². The third-order valence-electron chi connectivity index (χ3n) is 1.13. The molecule has 0 radical (unpaired) electrons. The molecule has 1 fully saturated rings. The zero-order valence-electron chi connectivity index (χ0n) is 5.27. The van der Waals surface area contributed by atoms with Gasteiger partial charge in [-0.15, -0.1) is 11.8 Å². The Bertz CT molecular complexity index is 58.8. The second-order valence-electron chi connectivity index (χ2n) is 2.17. The fourth-order valence-electron chi connectivity index (χ4n) is 0.632. The van der Waals surface area contributed by atoms with Gasteiger partial charge in [-0.05, 0) is 13.8 Å². The molecule has 1 heterocycles. The summed E-state index contributed by atoms with van der Waals surface area (Å²) >= 11 is 1.95. The Balaban J connectivity index is 2.19. The molecule has 0 aromatic rings. The van der Waals surface area contributed by atoms with Crippen molar-refractivity contribution in [3.8, 4) is 0 Å². The molecule has 8 heavy (non-hydrogen) atoms. The number of rotatable bonds is 0. The Kier molecular flexibility index (Phi) is 2.16. The van der Waals surface area contributed by atoms with E-state index in [-0.39, 0.29) is 0 Å². The fourth-order valence-corrected chi connectivity index (χ4v) is 1.44. The van der Waals surface area contributed by atoms with Gasteiger partial charge in [0.15, 0.2) is 0 Å². The van der Waals surface area contributed by atoms with Crippen LogP contribution < -0.4 is 10.9 Å². The van der Waals surface area contributed by atoms with Crippen LogP contribution in [0.15, 0.2) is 0 Å². The smallest absolute Gasteiger partial charge is 0.0638 e. The summed E-state index contributed by atoms with van der Waals surface area (Å²) < 4.78 is 0. The summed E-state index contributed by atoms with van der Waals surface area (Å²) in [6.07, 6.45) is 0. The third kappa shape index (κ3) is 1.65. The van der Waals surface area contributed by atoms with E-state index in [1.54, 1.807) is 0 Å². The molecule has 1 aliphatic heterocycles. The predicted octanol–water partition coefficient (Wildman–Crippen LogP) is 0.562. The van der Waals surface area contributed by atoms with Crippen molar-refractivity contribution >= 4 is 11.8 Å². The van der Waals surface area contributed by atoms with Crippen LogP contribution in [0.5, 0.6) is 0 Å². The molecule has 2 N–H and O–H groups in total. The molecular weight excluding hydrogens is 120 g/mol. The van der Waals surface area contributed by atoms with Gasteiger partial charge in [0.1, 0.15) is 0 Å². The van der Waals surface area contributed by atoms with Crippen LogP contribution in [0.3, 0.4) is 0 Å². The number of nitrogens with one attached hydrogen (secondary N) is 2. The largest absolute Gasteiger partial charge is 0.253 e. The molecule has 0 aromatic carbocycles. The molecule has 2 nitrogen and oxygen atoms in total. The zero-order valence-corrected chi connectivity index (χ0v) is 6.09. The van der Waals surface area contributed by atoms with Crippen molar-refractivity contribution in [1.29, 1.82) is 0 Å². The molecular formula is C5H12N2S. The Hall–Kier alpha value is 0.270. The van der Waals surface area contributed by atoms with Crippen molar-refractivity contribution in [2.24, 2.45) is 0 Å². The fraction of sp³-hybridized carbons (Fsp3) is 1.00. The van der Waals surface area contributed by atoms with E-state index in [1.807, 2.05) is 11.8 Å². The van der Waals surface area contributed by atoms with Crippen LogP contribution in [0.4, 0.5) is 0 Å². The van der Waals surface area contributed by atoms with Gasteiger partial charge < -0.3 is 0 Å². The monoisotopic (exact) mass is 132 g/mol.